The van der Waals surface area contributed by atoms with E-state index in [2.05, 4.69) is 0 Å². The van der Waals surface area contributed by atoms with Crippen LogP contribution in [0.15, 0.2) is 18.2 Å². The van der Waals surface area contributed by atoms with E-state index >= 15 is 0 Å². The number of hydrogen-bond acceptors (Lipinski definition) is 5. The highest BCUT2D eigenvalue weighted by molar-refractivity contribution is 7.92. The molecule has 1 N–H and O–H groups in total. The Hall–Kier alpha value is -1.96. The van der Waals surface area contributed by atoms with Crippen LogP contribution < -0.4 is 13.8 Å². The average molecular weight is 303 g/mol. The van der Waals surface area contributed by atoms with Crippen LogP contribution >= 0.6 is 0 Å². The van der Waals surface area contributed by atoms with Gasteiger partial charge in [-0.3, -0.25) is 4.31 Å². The van der Waals surface area contributed by atoms with Gasteiger partial charge in [0.1, 0.15) is 17.5 Å². The molecule has 0 aliphatic rings. The second-order valence-corrected chi connectivity index (χ2v) is 5.97. The van der Waals surface area contributed by atoms with E-state index in [1.807, 2.05) is 0 Å². The minimum Gasteiger partial charge on any atom is -0.497 e. The highest BCUT2D eigenvalue weighted by atomic mass is 32.2. The van der Waals surface area contributed by atoms with E-state index in [1.54, 1.807) is 6.07 Å². The molecule has 7 nitrogen and oxygen atoms in total. The van der Waals surface area contributed by atoms with Gasteiger partial charge in [-0.2, -0.15) is 0 Å². The second-order valence-electron chi connectivity index (χ2n) is 4.11. The van der Waals surface area contributed by atoms with Crippen molar-refractivity contribution in [2.75, 3.05) is 24.8 Å². The van der Waals surface area contributed by atoms with Gasteiger partial charge in [0.15, 0.2) is 0 Å². The Bertz CT molecular complexity index is 598. The van der Waals surface area contributed by atoms with Crippen LogP contribution in [0.3, 0.4) is 0 Å². The van der Waals surface area contributed by atoms with Crippen molar-refractivity contribution in [2.45, 2.75) is 13.0 Å². The molecular weight excluding hydrogens is 286 g/mol. The van der Waals surface area contributed by atoms with Crippen LogP contribution in [-0.4, -0.2) is 46.0 Å². The minimum absolute atomic E-state index is 0.115. The molecule has 0 unspecified atom stereocenters. The Morgan fingerprint density at radius 2 is 1.90 bits per heavy atom. The third-order valence-electron chi connectivity index (χ3n) is 2.69. The minimum atomic E-state index is -3.80. The van der Waals surface area contributed by atoms with Gasteiger partial charge >= 0.3 is 5.97 Å². The van der Waals surface area contributed by atoms with E-state index in [4.69, 9.17) is 14.6 Å². The Kier molecular flexibility index (Phi) is 4.83. The maximum atomic E-state index is 11.9. The number of nitrogens with zero attached hydrogens (tertiary/aromatic N) is 1. The Labute approximate surface area is 117 Å². The predicted molar refractivity (Wildman–Crippen MR) is 74.0 cm³/mol. The van der Waals surface area contributed by atoms with Gasteiger partial charge < -0.3 is 14.6 Å². The van der Waals surface area contributed by atoms with Crippen LogP contribution in [-0.2, 0) is 14.8 Å². The van der Waals surface area contributed by atoms with Crippen molar-refractivity contribution in [1.82, 2.24) is 0 Å². The molecule has 0 heterocycles. The number of hydrogen-bond donors (Lipinski definition) is 1. The molecule has 0 saturated carbocycles. The van der Waals surface area contributed by atoms with Crippen LogP contribution in [0.4, 0.5) is 5.69 Å². The van der Waals surface area contributed by atoms with Crippen LogP contribution in [0.2, 0.25) is 0 Å². The summed E-state index contributed by atoms with van der Waals surface area (Å²) in [5, 5.41) is 9.09. The number of carboxylic acid groups (broad SMARTS) is 1. The average Bonchev–Trinajstić information content (AvgIpc) is 2.36. The van der Waals surface area contributed by atoms with Gasteiger partial charge in [-0.05, 0) is 19.1 Å². The molecule has 0 radical (unpaired) electrons. The summed E-state index contributed by atoms with van der Waals surface area (Å²) in [6, 6.07) is 3.25. The molecular formula is C12H17NO6S. The van der Waals surface area contributed by atoms with Crippen molar-refractivity contribution >= 4 is 21.7 Å². The van der Waals surface area contributed by atoms with E-state index in [-0.39, 0.29) is 11.4 Å². The first-order chi connectivity index (χ1) is 9.22. The lowest BCUT2D eigenvalue weighted by molar-refractivity contribution is -0.137. The quantitative estimate of drug-likeness (QED) is 0.840. The summed E-state index contributed by atoms with van der Waals surface area (Å²) in [7, 11) is -1.00. The molecule has 1 aromatic rings. The van der Waals surface area contributed by atoms with Crippen LogP contribution in [0, 0.1) is 0 Å². The molecule has 20 heavy (non-hydrogen) atoms. The third-order valence-corrected chi connectivity index (χ3v) is 3.92. The van der Waals surface area contributed by atoms with Crippen LogP contribution in [0.1, 0.15) is 6.92 Å². The predicted octanol–water partition coefficient (Wildman–Crippen LogP) is 0.943. The van der Waals surface area contributed by atoms with Crippen molar-refractivity contribution in [3.63, 3.8) is 0 Å². The maximum Gasteiger partial charge on any atom is 0.327 e. The molecule has 0 fully saturated rings. The van der Waals surface area contributed by atoms with E-state index < -0.39 is 22.0 Å². The van der Waals surface area contributed by atoms with Crippen molar-refractivity contribution in [1.29, 1.82) is 0 Å². The molecule has 0 aliphatic carbocycles. The highest BCUT2D eigenvalue weighted by Gasteiger charge is 2.31. The maximum absolute atomic E-state index is 11.9. The smallest absolute Gasteiger partial charge is 0.327 e. The summed E-state index contributed by atoms with van der Waals surface area (Å²) in [5.74, 6) is -0.628. The van der Waals surface area contributed by atoms with E-state index in [0.29, 0.717) is 5.75 Å². The zero-order valence-corrected chi connectivity index (χ0v) is 12.5. The topological polar surface area (TPSA) is 93.1 Å². The zero-order valence-electron chi connectivity index (χ0n) is 11.7. The van der Waals surface area contributed by atoms with E-state index in [9.17, 15) is 13.2 Å². The van der Waals surface area contributed by atoms with E-state index in [1.165, 1.54) is 33.3 Å². The standard InChI is InChI=1S/C12H17NO6S/c1-8(12(14)15)13(20(4,16)17)10-7-9(18-2)5-6-11(10)19-3/h5-8H,1-4H3,(H,14,15)/t8-/m0/s1. The van der Waals surface area contributed by atoms with Gasteiger partial charge in [0, 0.05) is 6.07 Å². The first-order valence-corrected chi connectivity index (χ1v) is 7.51. The monoisotopic (exact) mass is 303 g/mol. The normalized spacial score (nSPS) is 12.6. The van der Waals surface area contributed by atoms with Gasteiger partial charge in [0.25, 0.3) is 0 Å². The number of anilines is 1. The molecule has 1 aromatic carbocycles. The summed E-state index contributed by atoms with van der Waals surface area (Å²) in [6.07, 6.45) is 0.936. The van der Waals surface area contributed by atoms with Crippen molar-refractivity contribution < 1.29 is 27.8 Å². The first-order valence-electron chi connectivity index (χ1n) is 5.66. The van der Waals surface area contributed by atoms with Crippen molar-refractivity contribution in [2.24, 2.45) is 0 Å². The highest BCUT2D eigenvalue weighted by Crippen LogP contribution is 2.35. The molecule has 1 atom stereocenters. The first kappa shape index (κ1) is 16.1. The fourth-order valence-electron chi connectivity index (χ4n) is 1.74. The lowest BCUT2D eigenvalue weighted by Gasteiger charge is -2.27. The van der Waals surface area contributed by atoms with Crippen molar-refractivity contribution in [3.8, 4) is 11.5 Å². The largest absolute Gasteiger partial charge is 0.497 e. The summed E-state index contributed by atoms with van der Waals surface area (Å²) >= 11 is 0. The number of carbonyl (C=O) groups is 1. The Morgan fingerprint density at radius 3 is 2.30 bits per heavy atom. The van der Waals surface area contributed by atoms with Gasteiger partial charge in [-0.25, -0.2) is 13.2 Å². The lowest BCUT2D eigenvalue weighted by Crippen LogP contribution is -2.43. The molecule has 0 aromatic heterocycles. The number of benzene rings is 1. The molecule has 0 spiro atoms. The molecule has 0 bridgehead atoms. The van der Waals surface area contributed by atoms with Crippen LogP contribution in [0.5, 0.6) is 11.5 Å². The number of methoxy groups -OCH3 is 2. The number of rotatable bonds is 6. The van der Waals surface area contributed by atoms with E-state index in [0.717, 1.165) is 10.6 Å². The lowest BCUT2D eigenvalue weighted by atomic mass is 10.2. The SMILES string of the molecule is COc1ccc(OC)c(N([C@@H](C)C(=O)O)S(C)(=O)=O)c1. The fourth-order valence-corrected chi connectivity index (χ4v) is 2.91. The molecule has 0 saturated heterocycles. The molecule has 1 rings (SSSR count). The molecule has 8 heteroatoms. The van der Waals surface area contributed by atoms with Crippen molar-refractivity contribution in [3.05, 3.63) is 18.2 Å². The summed E-state index contributed by atoms with van der Waals surface area (Å²) in [4.78, 5) is 11.1. The van der Waals surface area contributed by atoms with Gasteiger partial charge in [-0.15, -0.1) is 0 Å². The molecule has 0 aliphatic heterocycles. The summed E-state index contributed by atoms with van der Waals surface area (Å²) in [6.45, 7) is 1.28. The number of ether oxygens (including phenoxy) is 2. The molecule has 0 amide bonds. The fraction of sp³-hybridized carbons (Fsp3) is 0.417. The van der Waals surface area contributed by atoms with Crippen LogP contribution in [0.25, 0.3) is 0 Å². The Balaban J connectivity index is 3.51. The van der Waals surface area contributed by atoms with Gasteiger partial charge in [0.2, 0.25) is 10.0 Å². The summed E-state index contributed by atoms with van der Waals surface area (Å²) < 4.78 is 34.7. The number of sulfonamides is 1. The molecule has 112 valence electrons. The Morgan fingerprint density at radius 1 is 1.30 bits per heavy atom. The number of carboxylic acids is 1. The van der Waals surface area contributed by atoms with Gasteiger partial charge in [0.05, 0.1) is 26.2 Å². The third kappa shape index (κ3) is 3.32. The van der Waals surface area contributed by atoms with Gasteiger partial charge in [-0.1, -0.05) is 0 Å². The number of aliphatic carboxylic acids is 1. The second kappa shape index (κ2) is 6.00. The zero-order chi connectivity index (χ0) is 15.5. The summed E-state index contributed by atoms with van der Waals surface area (Å²) in [5.41, 5.74) is 0.115.